The van der Waals surface area contributed by atoms with E-state index in [0.29, 0.717) is 5.75 Å². The molecule has 1 fully saturated rings. The third kappa shape index (κ3) is 1.87. The SMILES string of the molecule is COc1cc(N)c(N2CCCC2)cc1OC. The smallest absolute Gasteiger partial charge is 0.162 e. The van der Waals surface area contributed by atoms with E-state index in [9.17, 15) is 0 Å². The Bertz CT molecular complexity index is 374. The van der Waals surface area contributed by atoms with Crippen molar-refractivity contribution >= 4 is 11.4 Å². The number of rotatable bonds is 3. The quantitative estimate of drug-likeness (QED) is 0.793. The van der Waals surface area contributed by atoms with Crippen LogP contribution in [-0.4, -0.2) is 27.3 Å². The van der Waals surface area contributed by atoms with Crippen LogP contribution in [0, 0.1) is 0 Å². The fourth-order valence-corrected chi connectivity index (χ4v) is 2.12. The normalized spacial score (nSPS) is 15.2. The highest BCUT2D eigenvalue weighted by Gasteiger charge is 2.17. The molecule has 0 bridgehead atoms. The highest BCUT2D eigenvalue weighted by Crippen LogP contribution is 2.37. The number of anilines is 2. The van der Waals surface area contributed by atoms with Crippen LogP contribution in [0.15, 0.2) is 12.1 Å². The van der Waals surface area contributed by atoms with Gasteiger partial charge in [0.25, 0.3) is 0 Å². The molecular weight excluding hydrogens is 204 g/mol. The number of methoxy groups -OCH3 is 2. The third-order valence-electron chi connectivity index (χ3n) is 2.98. The molecule has 0 aliphatic carbocycles. The van der Waals surface area contributed by atoms with Crippen molar-refractivity contribution in [3.63, 3.8) is 0 Å². The number of nitrogen functional groups attached to an aromatic ring is 1. The molecule has 1 aromatic carbocycles. The average molecular weight is 222 g/mol. The summed E-state index contributed by atoms with van der Waals surface area (Å²) >= 11 is 0. The first-order chi connectivity index (χ1) is 7.76. The third-order valence-corrected chi connectivity index (χ3v) is 2.98. The molecular formula is C12H18N2O2. The van der Waals surface area contributed by atoms with Gasteiger partial charge in [-0.1, -0.05) is 0 Å². The monoisotopic (exact) mass is 222 g/mol. The van der Waals surface area contributed by atoms with Crippen molar-refractivity contribution in [1.82, 2.24) is 0 Å². The number of ether oxygens (including phenoxy) is 2. The Balaban J connectivity index is 2.37. The molecule has 88 valence electrons. The molecule has 4 heteroatoms. The molecule has 0 amide bonds. The van der Waals surface area contributed by atoms with E-state index in [1.165, 1.54) is 12.8 Å². The van der Waals surface area contributed by atoms with Crippen LogP contribution in [0.5, 0.6) is 11.5 Å². The summed E-state index contributed by atoms with van der Waals surface area (Å²) in [5.74, 6) is 1.42. The van der Waals surface area contributed by atoms with Crippen LogP contribution in [0.1, 0.15) is 12.8 Å². The average Bonchev–Trinajstić information content (AvgIpc) is 2.82. The summed E-state index contributed by atoms with van der Waals surface area (Å²) in [6, 6.07) is 3.78. The van der Waals surface area contributed by atoms with Gasteiger partial charge < -0.3 is 20.1 Å². The number of hydrogen-bond donors (Lipinski definition) is 1. The van der Waals surface area contributed by atoms with Crippen LogP contribution in [0.3, 0.4) is 0 Å². The first-order valence-electron chi connectivity index (χ1n) is 5.52. The molecule has 2 N–H and O–H groups in total. The van der Waals surface area contributed by atoms with Crippen LogP contribution >= 0.6 is 0 Å². The highest BCUT2D eigenvalue weighted by molar-refractivity contribution is 5.73. The molecule has 1 aliphatic rings. The van der Waals surface area contributed by atoms with Crippen molar-refractivity contribution < 1.29 is 9.47 Å². The maximum absolute atomic E-state index is 6.02. The van der Waals surface area contributed by atoms with E-state index in [-0.39, 0.29) is 0 Å². The topological polar surface area (TPSA) is 47.7 Å². The summed E-state index contributed by atoms with van der Waals surface area (Å²) in [5, 5.41) is 0. The Labute approximate surface area is 95.9 Å². The maximum atomic E-state index is 6.02. The number of benzene rings is 1. The Kier molecular flexibility index (Phi) is 3.08. The van der Waals surface area contributed by atoms with Gasteiger partial charge in [-0.05, 0) is 12.8 Å². The molecule has 16 heavy (non-hydrogen) atoms. The highest BCUT2D eigenvalue weighted by atomic mass is 16.5. The minimum Gasteiger partial charge on any atom is -0.493 e. The molecule has 1 aliphatic heterocycles. The Hall–Kier alpha value is -1.58. The number of hydrogen-bond acceptors (Lipinski definition) is 4. The van der Waals surface area contributed by atoms with Crippen molar-refractivity contribution in [3.05, 3.63) is 12.1 Å². The zero-order valence-electron chi connectivity index (χ0n) is 9.82. The van der Waals surface area contributed by atoms with E-state index in [4.69, 9.17) is 15.2 Å². The van der Waals surface area contributed by atoms with E-state index in [1.807, 2.05) is 12.1 Å². The van der Waals surface area contributed by atoms with Crippen LogP contribution in [0.2, 0.25) is 0 Å². The molecule has 2 rings (SSSR count). The number of nitrogens with two attached hydrogens (primary N) is 1. The van der Waals surface area contributed by atoms with Crippen LogP contribution in [0.25, 0.3) is 0 Å². The lowest BCUT2D eigenvalue weighted by atomic mass is 10.2. The Morgan fingerprint density at radius 1 is 1.06 bits per heavy atom. The van der Waals surface area contributed by atoms with E-state index < -0.39 is 0 Å². The minimum atomic E-state index is 0.683. The first-order valence-corrected chi connectivity index (χ1v) is 5.52. The van der Waals surface area contributed by atoms with E-state index >= 15 is 0 Å². The van der Waals surface area contributed by atoms with Crippen molar-refractivity contribution in [2.45, 2.75) is 12.8 Å². The molecule has 0 spiro atoms. The van der Waals surface area contributed by atoms with Crippen LogP contribution in [-0.2, 0) is 0 Å². The minimum absolute atomic E-state index is 0.683. The molecule has 4 nitrogen and oxygen atoms in total. The van der Waals surface area contributed by atoms with Crippen molar-refractivity contribution in [2.24, 2.45) is 0 Å². The van der Waals surface area contributed by atoms with Crippen molar-refractivity contribution in [1.29, 1.82) is 0 Å². The van der Waals surface area contributed by atoms with Crippen LogP contribution in [0.4, 0.5) is 11.4 Å². The van der Waals surface area contributed by atoms with Gasteiger partial charge in [-0.2, -0.15) is 0 Å². The van der Waals surface area contributed by atoms with Crippen LogP contribution < -0.4 is 20.1 Å². The number of nitrogens with zero attached hydrogens (tertiary/aromatic N) is 1. The van der Waals surface area contributed by atoms with Gasteiger partial charge in [0, 0.05) is 25.2 Å². The van der Waals surface area contributed by atoms with Gasteiger partial charge >= 0.3 is 0 Å². The lowest BCUT2D eigenvalue weighted by molar-refractivity contribution is 0.355. The van der Waals surface area contributed by atoms with Gasteiger partial charge in [0.05, 0.1) is 25.6 Å². The second-order valence-corrected chi connectivity index (χ2v) is 3.96. The van der Waals surface area contributed by atoms with E-state index in [1.54, 1.807) is 14.2 Å². The zero-order chi connectivity index (χ0) is 11.5. The second-order valence-electron chi connectivity index (χ2n) is 3.96. The molecule has 1 saturated heterocycles. The standard InChI is InChI=1S/C12H18N2O2/c1-15-11-7-9(13)10(8-12(11)16-2)14-5-3-4-6-14/h7-8H,3-6,13H2,1-2H3. The molecule has 0 saturated carbocycles. The van der Waals surface area contributed by atoms with Gasteiger partial charge in [-0.3, -0.25) is 0 Å². The molecule has 1 heterocycles. The Morgan fingerprint density at radius 2 is 1.62 bits per heavy atom. The van der Waals surface area contributed by atoms with Crippen molar-refractivity contribution in [3.8, 4) is 11.5 Å². The van der Waals surface area contributed by atoms with E-state index in [0.717, 1.165) is 30.2 Å². The summed E-state index contributed by atoms with van der Waals surface area (Å²) in [6.45, 7) is 2.14. The summed E-state index contributed by atoms with van der Waals surface area (Å²) in [5.41, 5.74) is 7.82. The Morgan fingerprint density at radius 3 is 2.19 bits per heavy atom. The first kappa shape index (κ1) is 10.9. The predicted molar refractivity (Wildman–Crippen MR) is 65.4 cm³/mol. The van der Waals surface area contributed by atoms with Gasteiger partial charge in [0.1, 0.15) is 0 Å². The fourth-order valence-electron chi connectivity index (χ4n) is 2.12. The van der Waals surface area contributed by atoms with Gasteiger partial charge in [-0.15, -0.1) is 0 Å². The van der Waals surface area contributed by atoms with Gasteiger partial charge in [0.2, 0.25) is 0 Å². The molecule has 1 aromatic rings. The zero-order valence-corrected chi connectivity index (χ0v) is 9.82. The molecule has 0 unspecified atom stereocenters. The summed E-state index contributed by atoms with van der Waals surface area (Å²) in [7, 11) is 3.26. The van der Waals surface area contributed by atoms with Crippen molar-refractivity contribution in [2.75, 3.05) is 37.9 Å². The summed E-state index contributed by atoms with van der Waals surface area (Å²) < 4.78 is 10.5. The van der Waals surface area contributed by atoms with E-state index in [2.05, 4.69) is 4.90 Å². The fraction of sp³-hybridized carbons (Fsp3) is 0.500. The van der Waals surface area contributed by atoms with Gasteiger partial charge in [-0.25, -0.2) is 0 Å². The lowest BCUT2D eigenvalue weighted by Crippen LogP contribution is -2.19. The lowest BCUT2D eigenvalue weighted by Gasteiger charge is -2.21. The molecule has 0 radical (unpaired) electrons. The second kappa shape index (κ2) is 4.51. The maximum Gasteiger partial charge on any atom is 0.162 e. The molecule has 0 atom stereocenters. The predicted octanol–water partition coefficient (Wildman–Crippen LogP) is 1.89. The largest absolute Gasteiger partial charge is 0.493 e. The summed E-state index contributed by atoms with van der Waals surface area (Å²) in [4.78, 5) is 2.29. The van der Waals surface area contributed by atoms with Gasteiger partial charge in [0.15, 0.2) is 11.5 Å². The molecule has 0 aromatic heterocycles. The summed E-state index contributed by atoms with van der Waals surface area (Å²) in [6.07, 6.45) is 2.46.